The van der Waals surface area contributed by atoms with Gasteiger partial charge in [-0.2, -0.15) is 0 Å². The molecule has 0 saturated carbocycles. The number of para-hydroxylation sites is 1. The van der Waals surface area contributed by atoms with Crippen molar-refractivity contribution in [2.24, 2.45) is 0 Å². The van der Waals surface area contributed by atoms with Gasteiger partial charge in [-0.1, -0.05) is 25.1 Å². The van der Waals surface area contributed by atoms with Gasteiger partial charge in [0.2, 0.25) is 0 Å². The fourth-order valence-corrected chi connectivity index (χ4v) is 4.19. The van der Waals surface area contributed by atoms with Crippen LogP contribution in [0.5, 0.6) is 11.5 Å². The maximum atomic E-state index is 12.1. The second-order valence-electron chi connectivity index (χ2n) is 7.62. The first-order chi connectivity index (χ1) is 15.0. The summed E-state index contributed by atoms with van der Waals surface area (Å²) in [6.45, 7) is 5.10. The molecule has 31 heavy (non-hydrogen) atoms. The summed E-state index contributed by atoms with van der Waals surface area (Å²) in [4.78, 5) is 17.6. The second-order valence-corrected chi connectivity index (χ2v) is 7.62. The Hall–Kier alpha value is -2.99. The minimum absolute atomic E-state index is 0.0255. The maximum absolute atomic E-state index is 12.1. The second kappa shape index (κ2) is 10.4. The van der Waals surface area contributed by atoms with E-state index in [9.17, 15) is 4.79 Å². The van der Waals surface area contributed by atoms with E-state index in [1.165, 1.54) is 18.1 Å². The predicted molar refractivity (Wildman–Crippen MR) is 123 cm³/mol. The molecule has 0 amide bonds. The lowest BCUT2D eigenvalue weighted by molar-refractivity contribution is -0.142. The Morgan fingerprint density at radius 3 is 2.48 bits per heavy atom. The summed E-state index contributed by atoms with van der Waals surface area (Å²) in [6.07, 6.45) is 3.81. The van der Waals surface area contributed by atoms with Crippen LogP contribution >= 0.6 is 0 Å². The molecule has 6 heteroatoms. The predicted octanol–water partition coefficient (Wildman–Crippen LogP) is 4.66. The van der Waals surface area contributed by atoms with Crippen LogP contribution in [0, 0.1) is 6.92 Å². The minimum atomic E-state index is -0.239. The number of esters is 1. The number of benzene rings is 2. The van der Waals surface area contributed by atoms with E-state index in [4.69, 9.17) is 14.2 Å². The summed E-state index contributed by atoms with van der Waals surface area (Å²) in [6, 6.07) is 12.4. The lowest BCUT2D eigenvalue weighted by Crippen LogP contribution is -2.35. The van der Waals surface area contributed by atoms with Crippen LogP contribution in [0.4, 0.5) is 0 Å². The molecule has 0 saturated heterocycles. The smallest absolute Gasteiger partial charge is 0.319 e. The molecule has 1 aromatic heterocycles. The maximum Gasteiger partial charge on any atom is 0.319 e. The Labute approximate surface area is 184 Å². The highest BCUT2D eigenvalue weighted by Gasteiger charge is 2.25. The number of rotatable bonds is 10. The first kappa shape index (κ1) is 22.7. The summed E-state index contributed by atoms with van der Waals surface area (Å²) in [5.41, 5.74) is 4.64. The number of carbonyl (C=O) groups excluding carboxylic acids is 1. The van der Waals surface area contributed by atoms with Crippen molar-refractivity contribution in [1.29, 1.82) is 0 Å². The van der Waals surface area contributed by atoms with E-state index in [0.29, 0.717) is 11.5 Å². The number of aromatic nitrogens is 1. The first-order valence-corrected chi connectivity index (χ1v) is 10.6. The van der Waals surface area contributed by atoms with Crippen molar-refractivity contribution in [3.05, 3.63) is 59.3 Å². The molecule has 0 aliphatic heterocycles. The van der Waals surface area contributed by atoms with Crippen molar-refractivity contribution < 1.29 is 19.0 Å². The number of methoxy groups -OCH3 is 3. The monoisotopic (exact) mass is 424 g/mol. The van der Waals surface area contributed by atoms with E-state index in [1.807, 2.05) is 18.2 Å². The van der Waals surface area contributed by atoms with Gasteiger partial charge in [-0.05, 0) is 61.2 Å². The summed E-state index contributed by atoms with van der Waals surface area (Å²) < 4.78 is 16.0. The highest BCUT2D eigenvalue weighted by molar-refractivity contribution is 5.83. The Bertz CT molecular complexity index is 1030. The van der Waals surface area contributed by atoms with E-state index in [0.717, 1.165) is 36.0 Å². The number of hydrogen-bond acceptors (Lipinski definition) is 5. The van der Waals surface area contributed by atoms with Gasteiger partial charge >= 0.3 is 5.97 Å². The number of nitrogens with one attached hydrogen (secondary N) is 1. The van der Waals surface area contributed by atoms with Crippen LogP contribution in [0.2, 0.25) is 0 Å². The number of aromatic amines is 1. The number of fused-ring (bicyclic) bond motifs is 1. The van der Waals surface area contributed by atoms with E-state index >= 15 is 0 Å². The molecule has 0 fully saturated rings. The van der Waals surface area contributed by atoms with Crippen LogP contribution in [-0.2, 0) is 16.0 Å². The van der Waals surface area contributed by atoms with Crippen LogP contribution in [-0.4, -0.2) is 50.3 Å². The van der Waals surface area contributed by atoms with Crippen molar-refractivity contribution in [2.75, 3.05) is 34.4 Å². The van der Waals surface area contributed by atoms with Crippen molar-refractivity contribution in [3.8, 4) is 11.5 Å². The zero-order valence-corrected chi connectivity index (χ0v) is 19.0. The number of hydrogen-bond donors (Lipinski definition) is 1. The van der Waals surface area contributed by atoms with Crippen molar-refractivity contribution in [1.82, 2.24) is 9.88 Å². The average molecular weight is 425 g/mol. The zero-order valence-electron chi connectivity index (χ0n) is 19.0. The molecule has 3 rings (SSSR count). The Morgan fingerprint density at radius 1 is 1.10 bits per heavy atom. The number of nitrogens with zero attached hydrogens (tertiary/aromatic N) is 1. The third-order valence-electron chi connectivity index (χ3n) is 5.90. The third kappa shape index (κ3) is 5.02. The molecule has 0 aliphatic carbocycles. The van der Waals surface area contributed by atoms with Gasteiger partial charge in [0, 0.05) is 23.1 Å². The van der Waals surface area contributed by atoms with Gasteiger partial charge in [0.25, 0.3) is 0 Å². The van der Waals surface area contributed by atoms with Crippen LogP contribution in [0.1, 0.15) is 36.1 Å². The third-order valence-corrected chi connectivity index (χ3v) is 5.90. The standard InChI is InChI=1S/C25H32N2O4/c1-6-27(16-25(28)31-5)22(20-14-24(30-4)23(29-3)13-17(20)2)12-11-18-15-26-21-10-8-7-9-19(18)21/h7-10,13-15,22,26H,6,11-12,16H2,1-5H3/t22-/m0/s1. The van der Waals surface area contributed by atoms with Crippen molar-refractivity contribution in [2.45, 2.75) is 32.7 Å². The average Bonchev–Trinajstić information content (AvgIpc) is 3.21. The number of likely N-dealkylation sites (N-methyl/N-ethyl adjacent to an activating group) is 1. The highest BCUT2D eigenvalue weighted by atomic mass is 16.5. The Kier molecular flexibility index (Phi) is 7.58. The van der Waals surface area contributed by atoms with Crippen LogP contribution in [0.25, 0.3) is 10.9 Å². The van der Waals surface area contributed by atoms with Gasteiger partial charge in [-0.25, -0.2) is 0 Å². The molecule has 2 aromatic carbocycles. The molecule has 1 atom stereocenters. The summed E-state index contributed by atoms with van der Waals surface area (Å²) in [5, 5.41) is 1.24. The summed E-state index contributed by atoms with van der Waals surface area (Å²) in [5.74, 6) is 1.15. The highest BCUT2D eigenvalue weighted by Crippen LogP contribution is 2.37. The van der Waals surface area contributed by atoms with Crippen LogP contribution in [0.3, 0.4) is 0 Å². The topological polar surface area (TPSA) is 63.8 Å². The lowest BCUT2D eigenvalue weighted by atomic mass is 9.93. The van der Waals surface area contributed by atoms with Gasteiger partial charge < -0.3 is 19.2 Å². The first-order valence-electron chi connectivity index (χ1n) is 10.6. The van der Waals surface area contributed by atoms with E-state index < -0.39 is 0 Å². The SMILES string of the molecule is CCN(CC(=O)OC)[C@@H](CCc1c[nH]c2ccccc12)c1cc(OC)c(OC)cc1C. The molecule has 1 heterocycles. The molecule has 3 aromatic rings. The van der Waals surface area contributed by atoms with Crippen LogP contribution in [0.15, 0.2) is 42.6 Å². The molecule has 0 radical (unpaired) electrons. The van der Waals surface area contributed by atoms with Gasteiger partial charge in [-0.15, -0.1) is 0 Å². The zero-order chi connectivity index (χ0) is 22.4. The number of ether oxygens (including phenoxy) is 3. The van der Waals surface area contributed by atoms with Gasteiger partial charge in [0.1, 0.15) is 0 Å². The normalized spacial score (nSPS) is 12.2. The lowest BCUT2D eigenvalue weighted by Gasteiger charge is -2.32. The Balaban J connectivity index is 1.97. The number of aryl methyl sites for hydroxylation is 2. The molecule has 0 unspecified atom stereocenters. The van der Waals surface area contributed by atoms with E-state index in [-0.39, 0.29) is 18.6 Å². The van der Waals surface area contributed by atoms with Gasteiger partial charge in [0.05, 0.1) is 27.9 Å². The summed E-state index contributed by atoms with van der Waals surface area (Å²) >= 11 is 0. The largest absolute Gasteiger partial charge is 0.493 e. The molecular formula is C25H32N2O4. The molecule has 6 nitrogen and oxygen atoms in total. The molecular weight excluding hydrogens is 392 g/mol. The fourth-order valence-electron chi connectivity index (χ4n) is 4.19. The van der Waals surface area contributed by atoms with E-state index in [2.05, 4.69) is 48.1 Å². The number of carbonyl (C=O) groups is 1. The fraction of sp³-hybridized carbons (Fsp3) is 0.400. The Morgan fingerprint density at radius 2 is 1.81 bits per heavy atom. The molecule has 1 N–H and O–H groups in total. The molecule has 0 spiro atoms. The van der Waals surface area contributed by atoms with Crippen molar-refractivity contribution >= 4 is 16.9 Å². The van der Waals surface area contributed by atoms with Gasteiger partial charge in [0.15, 0.2) is 11.5 Å². The molecule has 166 valence electrons. The van der Waals surface area contributed by atoms with Crippen molar-refractivity contribution in [3.63, 3.8) is 0 Å². The summed E-state index contributed by atoms with van der Waals surface area (Å²) in [7, 11) is 4.71. The van der Waals surface area contributed by atoms with E-state index in [1.54, 1.807) is 14.2 Å². The molecule has 0 bridgehead atoms. The quantitative estimate of drug-likeness (QED) is 0.480. The minimum Gasteiger partial charge on any atom is -0.493 e. The van der Waals surface area contributed by atoms with Gasteiger partial charge in [-0.3, -0.25) is 9.69 Å². The number of H-pyrrole nitrogens is 1. The van der Waals surface area contributed by atoms with Crippen LogP contribution < -0.4 is 9.47 Å². The molecule has 0 aliphatic rings.